The second-order valence-corrected chi connectivity index (χ2v) is 5.14. The van der Waals surface area contributed by atoms with E-state index in [1.807, 2.05) is 26.0 Å². The summed E-state index contributed by atoms with van der Waals surface area (Å²) in [7, 11) is 0. The summed E-state index contributed by atoms with van der Waals surface area (Å²) in [5, 5.41) is 3.59. The molecule has 0 aliphatic rings. The number of aromatic nitrogens is 1. The highest BCUT2D eigenvalue weighted by Crippen LogP contribution is 2.20. The minimum atomic E-state index is -0.365. The summed E-state index contributed by atoms with van der Waals surface area (Å²) in [6.45, 7) is 5.57. The Labute approximate surface area is 129 Å². The molecule has 1 aromatic carbocycles. The monoisotopic (exact) mass is 308 g/mol. The van der Waals surface area contributed by atoms with Crippen molar-refractivity contribution in [2.75, 3.05) is 6.54 Å². The van der Waals surface area contributed by atoms with Crippen molar-refractivity contribution < 1.29 is 9.13 Å². The Morgan fingerprint density at radius 2 is 2.10 bits per heavy atom. The summed E-state index contributed by atoms with van der Waals surface area (Å²) in [6, 6.07) is 8.30. The van der Waals surface area contributed by atoms with Crippen LogP contribution in [0.3, 0.4) is 0 Å². The van der Waals surface area contributed by atoms with Gasteiger partial charge in [0.1, 0.15) is 18.2 Å². The number of pyridine rings is 1. The molecule has 1 N–H and O–H groups in total. The first-order chi connectivity index (χ1) is 10.1. The maximum atomic E-state index is 13.7. The molecular formula is C16H18ClFN2O. The summed E-state index contributed by atoms with van der Waals surface area (Å²) in [6.07, 6.45) is 0. The Morgan fingerprint density at radius 1 is 1.29 bits per heavy atom. The lowest BCUT2D eigenvalue weighted by Gasteiger charge is -2.12. The van der Waals surface area contributed by atoms with E-state index in [1.165, 1.54) is 6.07 Å². The van der Waals surface area contributed by atoms with Gasteiger partial charge in [0.2, 0.25) is 0 Å². The third kappa shape index (κ3) is 4.41. The van der Waals surface area contributed by atoms with Crippen LogP contribution in [0.25, 0.3) is 0 Å². The van der Waals surface area contributed by atoms with Gasteiger partial charge < -0.3 is 10.1 Å². The largest absolute Gasteiger partial charge is 0.487 e. The Kier molecular flexibility index (Phi) is 5.53. The van der Waals surface area contributed by atoms with Gasteiger partial charge in [0.05, 0.1) is 5.69 Å². The highest BCUT2D eigenvalue weighted by molar-refractivity contribution is 6.30. The molecule has 0 fully saturated rings. The SMILES string of the molecule is CCNCc1nc(C)ccc1OCc1ccc(Cl)cc1F. The minimum absolute atomic E-state index is 0.146. The van der Waals surface area contributed by atoms with E-state index in [0.29, 0.717) is 22.9 Å². The second-order valence-electron chi connectivity index (χ2n) is 4.70. The van der Waals surface area contributed by atoms with Crippen molar-refractivity contribution >= 4 is 11.6 Å². The Morgan fingerprint density at radius 3 is 2.81 bits per heavy atom. The van der Waals surface area contributed by atoms with Gasteiger partial charge in [0.25, 0.3) is 0 Å². The predicted molar refractivity (Wildman–Crippen MR) is 82.1 cm³/mol. The van der Waals surface area contributed by atoms with Gasteiger partial charge in [-0.15, -0.1) is 0 Å². The van der Waals surface area contributed by atoms with Crippen molar-refractivity contribution in [1.82, 2.24) is 10.3 Å². The van der Waals surface area contributed by atoms with E-state index >= 15 is 0 Å². The average Bonchev–Trinajstić information content (AvgIpc) is 2.45. The van der Waals surface area contributed by atoms with Crippen LogP contribution in [0.2, 0.25) is 5.02 Å². The van der Waals surface area contributed by atoms with Gasteiger partial charge in [0, 0.05) is 22.8 Å². The molecule has 0 saturated carbocycles. The van der Waals surface area contributed by atoms with Crippen LogP contribution >= 0.6 is 11.6 Å². The van der Waals surface area contributed by atoms with Crippen molar-refractivity contribution in [2.24, 2.45) is 0 Å². The number of hydrogen-bond acceptors (Lipinski definition) is 3. The summed E-state index contributed by atoms with van der Waals surface area (Å²) in [4.78, 5) is 4.46. The molecule has 3 nitrogen and oxygen atoms in total. The number of nitrogens with one attached hydrogen (secondary N) is 1. The molecule has 0 aliphatic carbocycles. The van der Waals surface area contributed by atoms with Gasteiger partial charge in [-0.3, -0.25) is 4.98 Å². The van der Waals surface area contributed by atoms with Gasteiger partial charge in [-0.05, 0) is 37.7 Å². The molecule has 2 aromatic rings. The molecule has 0 unspecified atom stereocenters. The zero-order chi connectivity index (χ0) is 15.2. The van der Waals surface area contributed by atoms with E-state index in [1.54, 1.807) is 12.1 Å². The van der Waals surface area contributed by atoms with Crippen LogP contribution in [0.5, 0.6) is 5.75 Å². The molecule has 112 valence electrons. The van der Waals surface area contributed by atoms with Crippen LogP contribution in [-0.2, 0) is 13.2 Å². The second kappa shape index (κ2) is 7.38. The Hall–Kier alpha value is -1.65. The van der Waals surface area contributed by atoms with Gasteiger partial charge in [-0.25, -0.2) is 4.39 Å². The number of ether oxygens (including phenoxy) is 1. The van der Waals surface area contributed by atoms with Gasteiger partial charge in [-0.2, -0.15) is 0 Å². The van der Waals surface area contributed by atoms with Crippen molar-refractivity contribution in [3.63, 3.8) is 0 Å². The summed E-state index contributed by atoms with van der Waals surface area (Å²) < 4.78 is 19.4. The zero-order valence-electron chi connectivity index (χ0n) is 12.1. The van der Waals surface area contributed by atoms with E-state index in [0.717, 1.165) is 17.9 Å². The van der Waals surface area contributed by atoms with Crippen LogP contribution in [-0.4, -0.2) is 11.5 Å². The topological polar surface area (TPSA) is 34.2 Å². The molecule has 2 rings (SSSR count). The standard InChI is InChI=1S/C16H18ClFN2O/c1-3-19-9-15-16(7-4-11(2)20-15)21-10-12-5-6-13(17)8-14(12)18/h4-8,19H,3,9-10H2,1-2H3. The van der Waals surface area contributed by atoms with Gasteiger partial charge in [0.15, 0.2) is 0 Å². The average molecular weight is 309 g/mol. The lowest BCUT2D eigenvalue weighted by molar-refractivity contribution is 0.294. The van der Waals surface area contributed by atoms with E-state index in [9.17, 15) is 4.39 Å². The van der Waals surface area contributed by atoms with Crippen LogP contribution in [0.4, 0.5) is 4.39 Å². The van der Waals surface area contributed by atoms with Crippen molar-refractivity contribution in [2.45, 2.75) is 27.0 Å². The Bertz CT molecular complexity index is 619. The van der Waals surface area contributed by atoms with E-state index in [4.69, 9.17) is 16.3 Å². The molecule has 0 aliphatic heterocycles. The molecule has 21 heavy (non-hydrogen) atoms. The number of halogens is 2. The number of nitrogens with zero attached hydrogens (tertiary/aromatic N) is 1. The molecule has 5 heteroatoms. The molecule has 1 aromatic heterocycles. The molecule has 0 saturated heterocycles. The molecule has 0 spiro atoms. The van der Waals surface area contributed by atoms with E-state index < -0.39 is 0 Å². The minimum Gasteiger partial charge on any atom is -0.487 e. The fourth-order valence-corrected chi connectivity index (χ4v) is 2.05. The maximum absolute atomic E-state index is 13.7. The normalized spacial score (nSPS) is 10.7. The highest BCUT2D eigenvalue weighted by atomic mass is 35.5. The highest BCUT2D eigenvalue weighted by Gasteiger charge is 2.08. The third-order valence-corrected chi connectivity index (χ3v) is 3.25. The van der Waals surface area contributed by atoms with Gasteiger partial charge in [-0.1, -0.05) is 24.6 Å². The van der Waals surface area contributed by atoms with Crippen LogP contribution in [0.15, 0.2) is 30.3 Å². The predicted octanol–water partition coefficient (Wildman–Crippen LogP) is 3.87. The van der Waals surface area contributed by atoms with E-state index in [2.05, 4.69) is 10.3 Å². The molecular weight excluding hydrogens is 291 g/mol. The molecule has 0 atom stereocenters. The lowest BCUT2D eigenvalue weighted by atomic mass is 10.2. The number of aryl methyl sites for hydroxylation is 1. The third-order valence-electron chi connectivity index (χ3n) is 3.01. The fraction of sp³-hybridized carbons (Fsp3) is 0.312. The first-order valence-electron chi connectivity index (χ1n) is 6.84. The summed E-state index contributed by atoms with van der Waals surface area (Å²) in [5.74, 6) is 0.298. The van der Waals surface area contributed by atoms with Crippen molar-refractivity contribution in [1.29, 1.82) is 0 Å². The smallest absolute Gasteiger partial charge is 0.142 e. The quantitative estimate of drug-likeness (QED) is 0.879. The van der Waals surface area contributed by atoms with Gasteiger partial charge >= 0.3 is 0 Å². The maximum Gasteiger partial charge on any atom is 0.142 e. The number of rotatable bonds is 6. The lowest BCUT2D eigenvalue weighted by Crippen LogP contribution is -2.14. The van der Waals surface area contributed by atoms with Crippen LogP contribution in [0, 0.1) is 12.7 Å². The van der Waals surface area contributed by atoms with Crippen LogP contribution in [0.1, 0.15) is 23.9 Å². The first-order valence-corrected chi connectivity index (χ1v) is 7.22. The van der Waals surface area contributed by atoms with Crippen molar-refractivity contribution in [3.05, 3.63) is 58.1 Å². The molecule has 0 radical (unpaired) electrons. The number of hydrogen-bond donors (Lipinski definition) is 1. The first kappa shape index (κ1) is 15.7. The zero-order valence-corrected chi connectivity index (χ0v) is 12.9. The summed E-state index contributed by atoms with van der Waals surface area (Å²) >= 11 is 5.73. The Balaban J connectivity index is 2.11. The fourth-order valence-electron chi connectivity index (χ4n) is 1.89. The van der Waals surface area contributed by atoms with Crippen LogP contribution < -0.4 is 10.1 Å². The van der Waals surface area contributed by atoms with E-state index in [-0.39, 0.29) is 12.4 Å². The summed E-state index contributed by atoms with van der Waals surface area (Å²) in [5.41, 5.74) is 2.22. The molecule has 0 bridgehead atoms. The molecule has 0 amide bonds. The van der Waals surface area contributed by atoms with Crippen molar-refractivity contribution in [3.8, 4) is 5.75 Å². The molecule has 1 heterocycles. The number of benzene rings is 1.